The monoisotopic (exact) mass is 184 g/mol. The van der Waals surface area contributed by atoms with Crippen LogP contribution in [0.2, 0.25) is 0 Å². The second-order valence-electron chi connectivity index (χ2n) is 1.26. The fourth-order valence-corrected chi connectivity index (χ4v) is 0. The van der Waals surface area contributed by atoms with E-state index in [1.165, 1.54) is 6.92 Å². The van der Waals surface area contributed by atoms with E-state index in [4.69, 9.17) is 5.11 Å². The second-order valence-corrected chi connectivity index (χ2v) is 4.35. The number of carbonyl (C=O) groups is 1. The minimum Gasteiger partial charge on any atom is -0.480 e. The van der Waals surface area contributed by atoms with Gasteiger partial charge in [-0.15, -0.1) is 12.6 Å². The lowest BCUT2D eigenvalue weighted by atomic mass is 10.5. The van der Waals surface area contributed by atoms with Gasteiger partial charge in [-0.05, 0) is 6.92 Å². The Bertz CT molecular complexity index is 85.4. The van der Waals surface area contributed by atoms with Crippen LogP contribution in [-0.2, 0) is 4.79 Å². The van der Waals surface area contributed by atoms with Crippen LogP contribution in [0, 0.1) is 0 Å². The SMILES string of the molecule is CC(S)(Br)C(=O)O. The molecule has 2 nitrogen and oxygen atoms in total. The molecule has 0 aromatic carbocycles. The van der Waals surface area contributed by atoms with Crippen LogP contribution in [0.1, 0.15) is 6.92 Å². The largest absolute Gasteiger partial charge is 0.480 e. The number of hydrogen-bond donors (Lipinski definition) is 2. The van der Waals surface area contributed by atoms with Gasteiger partial charge in [0.1, 0.15) is 0 Å². The Kier molecular flexibility index (Phi) is 2.13. The first kappa shape index (κ1) is 7.30. The molecule has 1 unspecified atom stereocenters. The summed E-state index contributed by atoms with van der Waals surface area (Å²) in [6.45, 7) is 1.44. The predicted octanol–water partition coefficient (Wildman–Crippen LogP) is 1.11. The van der Waals surface area contributed by atoms with E-state index in [9.17, 15) is 4.79 Å². The van der Waals surface area contributed by atoms with Gasteiger partial charge in [0.15, 0.2) is 3.66 Å². The molecule has 4 heteroatoms. The third-order valence-corrected chi connectivity index (χ3v) is 0.921. The molecule has 0 saturated carbocycles. The molecular formula is C3H5BrO2S. The molecule has 0 aliphatic rings. The third-order valence-electron chi connectivity index (χ3n) is 0.390. The van der Waals surface area contributed by atoms with Crippen LogP contribution in [0.4, 0.5) is 0 Å². The molecule has 0 bridgehead atoms. The maximum absolute atomic E-state index is 9.90. The number of hydrogen-bond acceptors (Lipinski definition) is 2. The fraction of sp³-hybridized carbons (Fsp3) is 0.667. The van der Waals surface area contributed by atoms with E-state index in [1.807, 2.05) is 0 Å². The van der Waals surface area contributed by atoms with E-state index in [2.05, 4.69) is 28.6 Å². The molecule has 0 saturated heterocycles. The molecule has 0 rings (SSSR count). The summed E-state index contributed by atoms with van der Waals surface area (Å²) in [7, 11) is 0. The van der Waals surface area contributed by atoms with E-state index < -0.39 is 9.63 Å². The van der Waals surface area contributed by atoms with Crippen molar-refractivity contribution in [1.82, 2.24) is 0 Å². The van der Waals surface area contributed by atoms with Gasteiger partial charge in [-0.1, -0.05) is 15.9 Å². The summed E-state index contributed by atoms with van der Waals surface area (Å²) in [6, 6.07) is 0. The first-order valence-corrected chi connectivity index (χ1v) is 2.83. The third kappa shape index (κ3) is 2.93. The summed E-state index contributed by atoms with van der Waals surface area (Å²) >= 11 is 6.47. The number of carboxylic acids is 1. The van der Waals surface area contributed by atoms with Gasteiger partial charge in [0.25, 0.3) is 0 Å². The quantitative estimate of drug-likeness (QED) is 0.474. The highest BCUT2D eigenvalue weighted by Crippen LogP contribution is 2.20. The van der Waals surface area contributed by atoms with Crippen molar-refractivity contribution in [3.8, 4) is 0 Å². The Labute approximate surface area is 55.4 Å². The van der Waals surface area contributed by atoms with Crippen LogP contribution < -0.4 is 0 Å². The van der Waals surface area contributed by atoms with Crippen molar-refractivity contribution in [3.63, 3.8) is 0 Å². The Morgan fingerprint density at radius 3 is 2.14 bits per heavy atom. The Morgan fingerprint density at radius 1 is 2.00 bits per heavy atom. The van der Waals surface area contributed by atoms with E-state index in [1.54, 1.807) is 0 Å². The van der Waals surface area contributed by atoms with Crippen LogP contribution in [-0.4, -0.2) is 14.7 Å². The average Bonchev–Trinajstić information content (AvgIpc) is 1.31. The molecule has 0 fully saturated rings. The summed E-state index contributed by atoms with van der Waals surface area (Å²) in [5.74, 6) is -0.976. The van der Waals surface area contributed by atoms with Crippen molar-refractivity contribution in [2.75, 3.05) is 0 Å². The highest BCUT2D eigenvalue weighted by Gasteiger charge is 2.23. The smallest absolute Gasteiger partial charge is 0.330 e. The Hall–Kier alpha value is 0.300. The van der Waals surface area contributed by atoms with Crippen molar-refractivity contribution in [3.05, 3.63) is 0 Å². The van der Waals surface area contributed by atoms with Gasteiger partial charge in [-0.25, -0.2) is 4.79 Å². The maximum Gasteiger partial charge on any atom is 0.330 e. The Morgan fingerprint density at radius 2 is 2.14 bits per heavy atom. The number of carboxylic acid groups (broad SMARTS) is 1. The maximum atomic E-state index is 9.90. The highest BCUT2D eigenvalue weighted by molar-refractivity contribution is 9.12. The first-order chi connectivity index (χ1) is 2.94. The molecule has 0 aromatic heterocycles. The molecule has 0 heterocycles. The zero-order valence-corrected chi connectivity index (χ0v) is 6.16. The van der Waals surface area contributed by atoms with Crippen molar-refractivity contribution >= 4 is 34.5 Å². The lowest BCUT2D eigenvalue weighted by molar-refractivity contribution is -0.136. The summed E-state index contributed by atoms with van der Waals surface area (Å²) in [6.07, 6.45) is 0. The second kappa shape index (κ2) is 2.05. The van der Waals surface area contributed by atoms with Crippen molar-refractivity contribution in [2.24, 2.45) is 0 Å². The van der Waals surface area contributed by atoms with Gasteiger partial charge < -0.3 is 5.11 Å². The molecule has 0 spiro atoms. The van der Waals surface area contributed by atoms with Crippen molar-refractivity contribution in [1.29, 1.82) is 0 Å². The Balaban J connectivity index is 3.79. The fourth-order valence-electron chi connectivity index (χ4n) is 0. The van der Waals surface area contributed by atoms with Gasteiger partial charge >= 0.3 is 5.97 Å². The average molecular weight is 185 g/mol. The minimum absolute atomic E-state index is 0.976. The van der Waals surface area contributed by atoms with Crippen molar-refractivity contribution < 1.29 is 9.90 Å². The zero-order valence-electron chi connectivity index (χ0n) is 3.68. The summed E-state index contributed by atoms with van der Waals surface area (Å²) in [5, 5.41) is 8.13. The molecule has 0 aromatic rings. The number of halogens is 1. The number of thiol groups is 1. The molecular weight excluding hydrogens is 180 g/mol. The lowest BCUT2D eigenvalue weighted by Crippen LogP contribution is -2.19. The summed E-state index contributed by atoms with van der Waals surface area (Å²) in [5.41, 5.74) is 0. The van der Waals surface area contributed by atoms with E-state index in [0.29, 0.717) is 0 Å². The number of aliphatic carboxylic acids is 1. The topological polar surface area (TPSA) is 37.3 Å². The number of alkyl halides is 1. The summed E-state index contributed by atoms with van der Waals surface area (Å²) in [4.78, 5) is 9.90. The predicted molar refractivity (Wildman–Crippen MR) is 34.0 cm³/mol. The molecule has 0 radical (unpaired) electrons. The number of rotatable bonds is 1. The molecule has 0 amide bonds. The van der Waals surface area contributed by atoms with Crippen LogP contribution in [0.5, 0.6) is 0 Å². The molecule has 1 N–H and O–H groups in total. The standard InChI is InChI=1S/C3H5BrO2S/c1-3(4,7)2(5)6/h7H,1H3,(H,5,6). The van der Waals surface area contributed by atoms with E-state index in [-0.39, 0.29) is 0 Å². The van der Waals surface area contributed by atoms with E-state index >= 15 is 0 Å². The summed E-state index contributed by atoms with van der Waals surface area (Å²) < 4.78 is -1.08. The minimum atomic E-state index is -1.08. The van der Waals surface area contributed by atoms with Crippen LogP contribution >= 0.6 is 28.6 Å². The normalized spacial score (nSPS) is 18.1. The van der Waals surface area contributed by atoms with Crippen LogP contribution in [0.25, 0.3) is 0 Å². The van der Waals surface area contributed by atoms with Crippen LogP contribution in [0.3, 0.4) is 0 Å². The van der Waals surface area contributed by atoms with Crippen molar-refractivity contribution in [2.45, 2.75) is 10.6 Å². The zero-order chi connectivity index (χ0) is 6.08. The lowest BCUT2D eigenvalue weighted by Gasteiger charge is -2.05. The van der Waals surface area contributed by atoms with Gasteiger partial charge in [0.2, 0.25) is 0 Å². The molecule has 7 heavy (non-hydrogen) atoms. The molecule has 0 aliphatic carbocycles. The van der Waals surface area contributed by atoms with E-state index in [0.717, 1.165) is 0 Å². The van der Waals surface area contributed by atoms with Gasteiger partial charge in [-0.3, -0.25) is 0 Å². The van der Waals surface area contributed by atoms with Gasteiger partial charge in [0.05, 0.1) is 0 Å². The van der Waals surface area contributed by atoms with Gasteiger partial charge in [-0.2, -0.15) is 0 Å². The highest BCUT2D eigenvalue weighted by atomic mass is 79.9. The molecule has 1 atom stereocenters. The molecule has 42 valence electrons. The molecule has 0 aliphatic heterocycles. The van der Waals surface area contributed by atoms with Gasteiger partial charge in [0, 0.05) is 0 Å². The first-order valence-electron chi connectivity index (χ1n) is 1.59. The van der Waals surface area contributed by atoms with Crippen LogP contribution in [0.15, 0.2) is 0 Å².